The Balaban J connectivity index is 1.79. The topological polar surface area (TPSA) is 139 Å². The van der Waals surface area contributed by atoms with Gasteiger partial charge in [-0.2, -0.15) is 13.2 Å². The molecule has 0 spiro atoms. The molecule has 5 N–H and O–H groups in total. The van der Waals surface area contributed by atoms with Crippen LogP contribution in [0.1, 0.15) is 37.7 Å². The van der Waals surface area contributed by atoms with Crippen LogP contribution in [0.3, 0.4) is 0 Å². The second-order valence-electron chi connectivity index (χ2n) is 7.51. The summed E-state index contributed by atoms with van der Waals surface area (Å²) in [5, 5.41) is 5.14. The van der Waals surface area contributed by atoms with Gasteiger partial charge in [0.05, 0.1) is 12.7 Å². The molecule has 0 saturated heterocycles. The number of amides is 2. The zero-order valence-electron chi connectivity index (χ0n) is 18.5. The van der Waals surface area contributed by atoms with Crippen LogP contribution in [-0.4, -0.2) is 40.9 Å². The Morgan fingerprint density at radius 1 is 1.09 bits per heavy atom. The van der Waals surface area contributed by atoms with Gasteiger partial charge in [-0.05, 0) is 35.4 Å². The number of methoxy groups -OCH3 is 1. The maximum Gasteiger partial charge on any atom is 0.416 e. The summed E-state index contributed by atoms with van der Waals surface area (Å²) >= 11 is 0. The van der Waals surface area contributed by atoms with E-state index in [9.17, 15) is 27.6 Å². The molecule has 184 valence electrons. The van der Waals surface area contributed by atoms with Gasteiger partial charge in [0.25, 0.3) is 5.91 Å². The van der Waals surface area contributed by atoms with Crippen molar-refractivity contribution in [3.8, 4) is 0 Å². The highest BCUT2D eigenvalue weighted by Gasteiger charge is 2.31. The molecule has 1 atom stereocenters. The van der Waals surface area contributed by atoms with Crippen molar-refractivity contribution >= 4 is 23.6 Å². The number of nitrogens with zero attached hydrogens (tertiary/aromatic N) is 1. The van der Waals surface area contributed by atoms with Crippen molar-refractivity contribution in [2.45, 2.75) is 25.2 Å². The van der Waals surface area contributed by atoms with Gasteiger partial charge in [0, 0.05) is 19.2 Å². The van der Waals surface area contributed by atoms with Gasteiger partial charge in [-0.3, -0.25) is 9.59 Å². The Labute approximate surface area is 197 Å². The highest BCUT2D eigenvalue weighted by Crippen LogP contribution is 2.29. The molecule has 0 radical (unpaired) electrons. The lowest BCUT2D eigenvalue weighted by Crippen LogP contribution is -2.48. The molecule has 1 aromatic carbocycles. The number of rotatable bonds is 8. The van der Waals surface area contributed by atoms with Crippen LogP contribution in [-0.2, 0) is 28.7 Å². The number of anilines is 1. The number of hydrogen-bond donors (Lipinski definition) is 4. The van der Waals surface area contributed by atoms with Crippen molar-refractivity contribution in [2.75, 3.05) is 12.8 Å². The number of aromatic amines is 1. The van der Waals surface area contributed by atoms with Crippen LogP contribution in [0.4, 0.5) is 19.0 Å². The summed E-state index contributed by atoms with van der Waals surface area (Å²) in [5.74, 6) is -1.76. The number of alkyl halides is 3. The fourth-order valence-corrected chi connectivity index (χ4v) is 3.17. The van der Waals surface area contributed by atoms with Crippen molar-refractivity contribution < 1.29 is 32.3 Å². The Hall–Kier alpha value is -4.35. The maximum atomic E-state index is 13.1. The Kier molecular flexibility index (Phi) is 7.74. The van der Waals surface area contributed by atoms with Crippen LogP contribution in [0, 0.1) is 0 Å². The third-order valence-corrected chi connectivity index (χ3v) is 4.97. The zero-order valence-corrected chi connectivity index (χ0v) is 18.5. The molecule has 0 aliphatic heterocycles. The number of hydrogen-bond acceptors (Lipinski definition) is 6. The first kappa shape index (κ1) is 25.3. The number of halogens is 3. The lowest BCUT2D eigenvalue weighted by molar-refractivity contribution is -0.137. The molecule has 0 aliphatic rings. The number of aromatic nitrogens is 2. The molecule has 2 amide bonds. The third kappa shape index (κ3) is 6.82. The summed E-state index contributed by atoms with van der Waals surface area (Å²) in [5.41, 5.74) is 5.47. The second kappa shape index (κ2) is 10.7. The van der Waals surface area contributed by atoms with Gasteiger partial charge in [-0.15, -0.1) is 0 Å². The molecular weight excluding hydrogens is 467 g/mol. The predicted octanol–water partition coefficient (Wildman–Crippen LogP) is 2.45. The summed E-state index contributed by atoms with van der Waals surface area (Å²) in [7, 11) is 1.18. The summed E-state index contributed by atoms with van der Waals surface area (Å²) in [4.78, 5) is 43.8. The smallest absolute Gasteiger partial charge is 0.416 e. The van der Waals surface area contributed by atoms with E-state index in [1.54, 1.807) is 12.1 Å². The molecule has 3 rings (SSSR count). The first-order chi connectivity index (χ1) is 16.6. The molecule has 12 heteroatoms. The van der Waals surface area contributed by atoms with Crippen molar-refractivity contribution in [1.29, 1.82) is 0 Å². The molecule has 0 unspecified atom stereocenters. The summed E-state index contributed by atoms with van der Waals surface area (Å²) in [6.45, 7) is 0.0517. The second-order valence-corrected chi connectivity index (χ2v) is 7.51. The number of nitrogens with two attached hydrogens (primary N) is 1. The lowest BCUT2D eigenvalue weighted by Gasteiger charge is -2.19. The van der Waals surface area contributed by atoms with Crippen LogP contribution in [0.2, 0.25) is 0 Å². The number of benzene rings is 1. The van der Waals surface area contributed by atoms with Crippen LogP contribution in [0.25, 0.3) is 0 Å². The molecule has 0 bridgehead atoms. The third-order valence-electron chi connectivity index (χ3n) is 4.97. The number of esters is 1. The largest absolute Gasteiger partial charge is 0.464 e. The average Bonchev–Trinajstić information content (AvgIpc) is 3.33. The Bertz CT molecular complexity index is 1210. The highest BCUT2D eigenvalue weighted by molar-refractivity contribution is 5.98. The zero-order chi connectivity index (χ0) is 25.6. The monoisotopic (exact) mass is 489 g/mol. The first-order valence-electron chi connectivity index (χ1n) is 10.3. The Morgan fingerprint density at radius 2 is 1.83 bits per heavy atom. The SMILES string of the molecule is COC(=O)c1ccc(C(=O)N[C@@H](Cc2cccc(C(F)(F)F)c2)C(=O)NCc2ccc(N)nc2)[nH]1. The van der Waals surface area contributed by atoms with Crippen LogP contribution in [0.15, 0.2) is 54.7 Å². The van der Waals surface area contributed by atoms with E-state index in [-0.39, 0.29) is 29.9 Å². The van der Waals surface area contributed by atoms with Crippen LogP contribution >= 0.6 is 0 Å². The number of nitrogen functional groups attached to an aromatic ring is 1. The van der Waals surface area contributed by atoms with Crippen LogP contribution < -0.4 is 16.4 Å². The van der Waals surface area contributed by atoms with Gasteiger partial charge in [-0.1, -0.05) is 24.3 Å². The van der Waals surface area contributed by atoms with Crippen molar-refractivity contribution in [1.82, 2.24) is 20.6 Å². The van der Waals surface area contributed by atoms with E-state index < -0.39 is 35.6 Å². The molecule has 0 aliphatic carbocycles. The number of H-pyrrole nitrogens is 1. The van der Waals surface area contributed by atoms with Crippen molar-refractivity contribution in [2.24, 2.45) is 0 Å². The molecule has 0 saturated carbocycles. The van der Waals surface area contributed by atoms with Gasteiger partial charge in [-0.25, -0.2) is 9.78 Å². The maximum absolute atomic E-state index is 13.1. The fraction of sp³-hybridized carbons (Fsp3) is 0.217. The molecule has 2 aromatic heterocycles. The molecule has 0 fully saturated rings. The number of carbonyl (C=O) groups excluding carboxylic acids is 3. The Morgan fingerprint density at radius 3 is 2.49 bits per heavy atom. The van der Waals surface area contributed by atoms with E-state index in [2.05, 4.69) is 25.3 Å². The molecule has 2 heterocycles. The first-order valence-corrected chi connectivity index (χ1v) is 10.3. The molecule has 35 heavy (non-hydrogen) atoms. The van der Waals surface area contributed by atoms with E-state index in [1.165, 1.54) is 37.6 Å². The standard InChI is InChI=1S/C23H22F3N5O4/c1-35-22(34)17-7-6-16(30-17)21(33)31-18(10-13-3-2-4-15(9-13)23(24,25)26)20(32)29-12-14-5-8-19(27)28-11-14/h2-9,11,18,30H,10,12H2,1H3,(H2,27,28)(H,29,32)(H,31,33)/t18-/m0/s1. The molecule has 9 nitrogen and oxygen atoms in total. The highest BCUT2D eigenvalue weighted by atomic mass is 19.4. The normalized spacial score (nSPS) is 12.0. The number of pyridine rings is 1. The van der Waals surface area contributed by atoms with E-state index in [4.69, 9.17) is 5.73 Å². The summed E-state index contributed by atoms with van der Waals surface area (Å²) in [6.07, 6.45) is -3.32. The summed E-state index contributed by atoms with van der Waals surface area (Å²) in [6, 6.07) is 9.11. The van der Waals surface area contributed by atoms with E-state index in [1.807, 2.05) is 0 Å². The number of carbonyl (C=O) groups is 3. The van der Waals surface area contributed by atoms with Gasteiger partial charge in [0.2, 0.25) is 5.91 Å². The van der Waals surface area contributed by atoms with Gasteiger partial charge < -0.3 is 26.1 Å². The van der Waals surface area contributed by atoms with Crippen molar-refractivity contribution in [3.63, 3.8) is 0 Å². The average molecular weight is 489 g/mol. The van der Waals surface area contributed by atoms with E-state index >= 15 is 0 Å². The quantitative estimate of drug-likeness (QED) is 0.359. The summed E-state index contributed by atoms with van der Waals surface area (Å²) < 4.78 is 43.9. The predicted molar refractivity (Wildman–Crippen MR) is 119 cm³/mol. The van der Waals surface area contributed by atoms with Gasteiger partial charge in [0.1, 0.15) is 23.2 Å². The minimum absolute atomic E-state index is 0.0207. The van der Waals surface area contributed by atoms with Gasteiger partial charge in [0.15, 0.2) is 0 Å². The minimum atomic E-state index is -4.56. The van der Waals surface area contributed by atoms with E-state index in [0.717, 1.165) is 12.1 Å². The lowest BCUT2D eigenvalue weighted by atomic mass is 10.0. The molecule has 3 aromatic rings. The number of nitrogens with one attached hydrogen (secondary N) is 3. The fourth-order valence-electron chi connectivity index (χ4n) is 3.17. The molecular formula is C23H22F3N5O4. The minimum Gasteiger partial charge on any atom is -0.464 e. The van der Waals surface area contributed by atoms with E-state index in [0.29, 0.717) is 11.4 Å². The van der Waals surface area contributed by atoms with Crippen LogP contribution in [0.5, 0.6) is 0 Å². The number of ether oxygens (including phenoxy) is 1. The van der Waals surface area contributed by atoms with Crippen molar-refractivity contribution in [3.05, 3.63) is 82.8 Å². The van der Waals surface area contributed by atoms with Gasteiger partial charge >= 0.3 is 12.1 Å².